The predicted molar refractivity (Wildman–Crippen MR) is 93.3 cm³/mol. The van der Waals surface area contributed by atoms with Crippen molar-refractivity contribution in [2.75, 3.05) is 23.9 Å². The molecule has 7 heteroatoms. The minimum atomic E-state index is -0.570. The largest absolute Gasteiger partial charge is 0.495 e. The summed E-state index contributed by atoms with van der Waals surface area (Å²) in [5, 5.41) is 2.80. The number of benzene rings is 1. The van der Waals surface area contributed by atoms with Crippen LogP contribution in [0.15, 0.2) is 18.2 Å². The summed E-state index contributed by atoms with van der Waals surface area (Å²) in [6, 6.07) is 4.68. The third kappa shape index (κ3) is 4.36. The number of ether oxygens (including phenoxy) is 1. The van der Waals surface area contributed by atoms with Crippen LogP contribution in [0.2, 0.25) is 0 Å². The normalized spacial score (nSPS) is 15.3. The summed E-state index contributed by atoms with van der Waals surface area (Å²) in [7, 11) is 1.56. The summed E-state index contributed by atoms with van der Waals surface area (Å²) >= 11 is 0. The lowest BCUT2D eigenvalue weighted by molar-refractivity contribution is -0.118. The van der Waals surface area contributed by atoms with Crippen molar-refractivity contribution < 1.29 is 14.3 Å². The Morgan fingerprint density at radius 2 is 2.09 bits per heavy atom. The fourth-order valence-corrected chi connectivity index (χ4v) is 2.41. The van der Waals surface area contributed by atoms with Crippen LogP contribution in [0.25, 0.3) is 0 Å². The maximum atomic E-state index is 12.1. The van der Waals surface area contributed by atoms with Gasteiger partial charge in [0.25, 0.3) is 0 Å². The van der Waals surface area contributed by atoms with Crippen molar-refractivity contribution in [3.8, 4) is 5.75 Å². The van der Waals surface area contributed by atoms with Crippen LogP contribution in [0.4, 0.5) is 11.4 Å². The standard InChI is InChI=1S/C16H23N3O3.ClH/c1-10(2)15(17)16(21)18-11-6-7-13(22-3)12(9-11)19-8-4-5-14(19)20;/h6-7,9-10,15H,4-5,8,17H2,1-3H3,(H,18,21);1H. The molecule has 2 amide bonds. The zero-order chi connectivity index (χ0) is 16.3. The van der Waals surface area contributed by atoms with Gasteiger partial charge < -0.3 is 20.7 Å². The van der Waals surface area contributed by atoms with E-state index in [9.17, 15) is 9.59 Å². The summed E-state index contributed by atoms with van der Waals surface area (Å²) in [6.07, 6.45) is 1.37. The van der Waals surface area contributed by atoms with Gasteiger partial charge in [0.15, 0.2) is 0 Å². The summed E-state index contributed by atoms with van der Waals surface area (Å²) in [4.78, 5) is 25.7. The number of hydrogen-bond acceptors (Lipinski definition) is 4. The van der Waals surface area contributed by atoms with Crippen LogP contribution in [0, 0.1) is 5.92 Å². The number of nitrogens with zero attached hydrogens (tertiary/aromatic N) is 1. The lowest BCUT2D eigenvalue weighted by atomic mass is 10.0. The molecule has 1 aromatic rings. The Hall–Kier alpha value is -1.79. The van der Waals surface area contributed by atoms with Crippen LogP contribution in [0.3, 0.4) is 0 Å². The minimum absolute atomic E-state index is 0. The van der Waals surface area contributed by atoms with Crippen molar-refractivity contribution in [3.63, 3.8) is 0 Å². The first-order chi connectivity index (χ1) is 10.4. The Morgan fingerprint density at radius 1 is 1.39 bits per heavy atom. The molecule has 1 atom stereocenters. The molecule has 0 spiro atoms. The molecule has 1 fully saturated rings. The number of halogens is 1. The summed E-state index contributed by atoms with van der Waals surface area (Å²) < 4.78 is 5.32. The van der Waals surface area contributed by atoms with Gasteiger partial charge in [-0.3, -0.25) is 9.59 Å². The van der Waals surface area contributed by atoms with Crippen LogP contribution < -0.4 is 20.7 Å². The van der Waals surface area contributed by atoms with Crippen LogP contribution in [-0.4, -0.2) is 31.5 Å². The predicted octanol–water partition coefficient (Wildman–Crippen LogP) is 2.17. The quantitative estimate of drug-likeness (QED) is 0.859. The van der Waals surface area contributed by atoms with Gasteiger partial charge in [0, 0.05) is 18.7 Å². The molecule has 0 radical (unpaired) electrons. The zero-order valence-electron chi connectivity index (χ0n) is 13.7. The highest BCUT2D eigenvalue weighted by molar-refractivity contribution is 5.99. The average Bonchev–Trinajstić information content (AvgIpc) is 2.92. The fraction of sp³-hybridized carbons (Fsp3) is 0.500. The molecule has 1 unspecified atom stereocenters. The Bertz CT molecular complexity index is 578. The second kappa shape index (κ2) is 8.17. The molecule has 1 aromatic carbocycles. The summed E-state index contributed by atoms with van der Waals surface area (Å²) in [6.45, 7) is 4.46. The highest BCUT2D eigenvalue weighted by Gasteiger charge is 2.25. The van der Waals surface area contributed by atoms with Gasteiger partial charge in [0.2, 0.25) is 11.8 Å². The molecule has 128 valence electrons. The molecule has 0 aromatic heterocycles. The minimum Gasteiger partial charge on any atom is -0.495 e. The molecule has 1 saturated heterocycles. The number of rotatable bonds is 5. The summed E-state index contributed by atoms with van der Waals surface area (Å²) in [5.74, 6) is 0.499. The van der Waals surface area contributed by atoms with Gasteiger partial charge in [0.1, 0.15) is 5.75 Å². The third-order valence-electron chi connectivity index (χ3n) is 3.83. The number of anilines is 2. The first kappa shape index (κ1) is 19.3. The monoisotopic (exact) mass is 341 g/mol. The van der Waals surface area contributed by atoms with Gasteiger partial charge in [0.05, 0.1) is 18.8 Å². The van der Waals surface area contributed by atoms with Crippen LogP contribution in [0.1, 0.15) is 26.7 Å². The number of amides is 2. The van der Waals surface area contributed by atoms with Gasteiger partial charge in [-0.05, 0) is 30.5 Å². The molecule has 23 heavy (non-hydrogen) atoms. The van der Waals surface area contributed by atoms with Crippen LogP contribution in [0.5, 0.6) is 5.75 Å². The summed E-state index contributed by atoms with van der Waals surface area (Å²) in [5.41, 5.74) is 7.13. The van der Waals surface area contributed by atoms with Crippen molar-refractivity contribution in [1.82, 2.24) is 0 Å². The SMILES string of the molecule is COc1ccc(NC(=O)C(N)C(C)C)cc1N1CCCC1=O.Cl. The fourth-order valence-electron chi connectivity index (χ4n) is 2.41. The Morgan fingerprint density at radius 3 is 2.61 bits per heavy atom. The smallest absolute Gasteiger partial charge is 0.241 e. The lowest BCUT2D eigenvalue weighted by Crippen LogP contribution is -2.39. The number of methoxy groups -OCH3 is 1. The molecule has 1 aliphatic heterocycles. The van der Waals surface area contributed by atoms with E-state index >= 15 is 0 Å². The molecule has 1 aliphatic rings. The van der Waals surface area contributed by atoms with E-state index in [0.29, 0.717) is 30.1 Å². The Balaban J connectivity index is 0.00000264. The third-order valence-corrected chi connectivity index (χ3v) is 3.83. The lowest BCUT2D eigenvalue weighted by Gasteiger charge is -2.21. The van der Waals surface area contributed by atoms with E-state index in [4.69, 9.17) is 10.5 Å². The van der Waals surface area contributed by atoms with Gasteiger partial charge in [-0.1, -0.05) is 13.8 Å². The van der Waals surface area contributed by atoms with Crippen molar-refractivity contribution in [2.24, 2.45) is 11.7 Å². The van der Waals surface area contributed by atoms with Gasteiger partial charge in [-0.25, -0.2) is 0 Å². The second-order valence-corrected chi connectivity index (χ2v) is 5.79. The topological polar surface area (TPSA) is 84.7 Å². The van der Waals surface area contributed by atoms with E-state index in [0.717, 1.165) is 6.42 Å². The van der Waals surface area contributed by atoms with Crippen molar-refractivity contribution >= 4 is 35.6 Å². The first-order valence-electron chi connectivity index (χ1n) is 7.49. The molecule has 6 nitrogen and oxygen atoms in total. The molecule has 0 saturated carbocycles. The van der Waals surface area contributed by atoms with Crippen molar-refractivity contribution in [2.45, 2.75) is 32.7 Å². The van der Waals surface area contributed by atoms with E-state index in [-0.39, 0.29) is 30.1 Å². The maximum Gasteiger partial charge on any atom is 0.241 e. The van der Waals surface area contributed by atoms with Crippen LogP contribution >= 0.6 is 12.4 Å². The number of nitrogens with two attached hydrogens (primary N) is 1. The van der Waals surface area contributed by atoms with E-state index in [2.05, 4.69) is 5.32 Å². The van der Waals surface area contributed by atoms with Gasteiger partial charge in [-0.15, -0.1) is 12.4 Å². The van der Waals surface area contributed by atoms with Crippen LogP contribution in [-0.2, 0) is 9.59 Å². The zero-order valence-corrected chi connectivity index (χ0v) is 14.5. The van der Waals surface area contributed by atoms with Gasteiger partial charge >= 0.3 is 0 Å². The molecule has 0 bridgehead atoms. The molecule has 2 rings (SSSR count). The second-order valence-electron chi connectivity index (χ2n) is 5.79. The maximum absolute atomic E-state index is 12.1. The van der Waals surface area contributed by atoms with E-state index in [1.807, 2.05) is 13.8 Å². The van der Waals surface area contributed by atoms with E-state index in [1.165, 1.54) is 0 Å². The van der Waals surface area contributed by atoms with E-state index in [1.54, 1.807) is 30.2 Å². The molecule has 0 aliphatic carbocycles. The van der Waals surface area contributed by atoms with E-state index < -0.39 is 6.04 Å². The first-order valence-corrected chi connectivity index (χ1v) is 7.49. The van der Waals surface area contributed by atoms with Crippen molar-refractivity contribution in [1.29, 1.82) is 0 Å². The molecule has 3 N–H and O–H groups in total. The van der Waals surface area contributed by atoms with Crippen molar-refractivity contribution in [3.05, 3.63) is 18.2 Å². The highest BCUT2D eigenvalue weighted by Crippen LogP contribution is 2.34. The Labute approximate surface area is 142 Å². The number of nitrogens with one attached hydrogen (secondary N) is 1. The number of hydrogen-bond donors (Lipinski definition) is 2. The average molecular weight is 342 g/mol. The number of carbonyl (C=O) groups is 2. The number of carbonyl (C=O) groups excluding carboxylic acids is 2. The molecule has 1 heterocycles. The Kier molecular flexibility index (Phi) is 6.84. The van der Waals surface area contributed by atoms with Gasteiger partial charge in [-0.2, -0.15) is 0 Å². The highest BCUT2D eigenvalue weighted by atomic mass is 35.5. The molecular weight excluding hydrogens is 318 g/mol. The molecular formula is C16H24ClN3O3.